The Labute approximate surface area is 189 Å². The van der Waals surface area contributed by atoms with Gasteiger partial charge in [0.15, 0.2) is 5.13 Å². The van der Waals surface area contributed by atoms with Gasteiger partial charge < -0.3 is 10.6 Å². The van der Waals surface area contributed by atoms with E-state index in [9.17, 15) is 4.79 Å². The predicted octanol–water partition coefficient (Wildman–Crippen LogP) is 5.05. The molecule has 3 atom stereocenters. The molecule has 2 saturated carbocycles. The number of aromatic nitrogens is 4. The van der Waals surface area contributed by atoms with Crippen molar-refractivity contribution in [2.24, 2.45) is 11.8 Å². The maximum atomic E-state index is 12.8. The van der Waals surface area contributed by atoms with E-state index in [-0.39, 0.29) is 5.91 Å². The molecule has 0 radical (unpaired) electrons. The van der Waals surface area contributed by atoms with Crippen LogP contribution in [0, 0.1) is 18.8 Å². The van der Waals surface area contributed by atoms with Gasteiger partial charge in [-0.25, -0.2) is 9.97 Å². The molecular weight excluding hydrogens is 420 g/mol. The molecule has 0 aliphatic heterocycles. The van der Waals surface area contributed by atoms with Crippen molar-refractivity contribution in [1.29, 1.82) is 0 Å². The van der Waals surface area contributed by atoms with Gasteiger partial charge in [-0.3, -0.25) is 9.89 Å². The number of amides is 1. The number of hydrogen-bond acceptors (Lipinski definition) is 6. The molecule has 3 N–H and O–H groups in total. The molecule has 162 valence electrons. The third-order valence-electron chi connectivity index (χ3n) is 6.84. The SMILES string of the molecule is Cc1[nH]ncc1-c1ccc2nc(Nc3cc(C(=O)NC4C[C@@H]5CC[C@H]4C5)ccn3)sc2c1. The van der Waals surface area contributed by atoms with Crippen LogP contribution in [-0.4, -0.2) is 32.1 Å². The minimum Gasteiger partial charge on any atom is -0.349 e. The third kappa shape index (κ3) is 3.54. The standard InChI is InChI=1S/C24H24N6OS/c1-13-18(12-26-30-13)15-4-5-19-21(10-15)32-24(28-19)29-22-11-17(6-7-25-22)23(31)27-20-9-14-2-3-16(20)8-14/h4-7,10-12,14,16,20H,2-3,8-9H2,1H3,(H,26,30)(H,27,31)(H,25,28,29)/t14-,16+,20?/m1/s1. The van der Waals surface area contributed by atoms with Crippen LogP contribution in [0.25, 0.3) is 21.3 Å². The molecule has 2 bridgehead atoms. The van der Waals surface area contributed by atoms with Crippen LogP contribution in [0.5, 0.6) is 0 Å². The van der Waals surface area contributed by atoms with Gasteiger partial charge in [0.2, 0.25) is 0 Å². The van der Waals surface area contributed by atoms with E-state index >= 15 is 0 Å². The zero-order valence-corrected chi connectivity index (χ0v) is 18.6. The van der Waals surface area contributed by atoms with Gasteiger partial charge in [0, 0.05) is 29.1 Å². The first-order chi connectivity index (χ1) is 15.6. The second-order valence-electron chi connectivity index (χ2n) is 8.92. The topological polar surface area (TPSA) is 95.6 Å². The highest BCUT2D eigenvalue weighted by Gasteiger charge is 2.40. The van der Waals surface area contributed by atoms with Gasteiger partial charge in [-0.15, -0.1) is 0 Å². The van der Waals surface area contributed by atoms with Crippen LogP contribution in [0.2, 0.25) is 0 Å². The van der Waals surface area contributed by atoms with E-state index < -0.39 is 0 Å². The lowest BCUT2D eigenvalue weighted by molar-refractivity contribution is 0.0923. The quantitative estimate of drug-likeness (QED) is 0.400. The number of hydrogen-bond donors (Lipinski definition) is 3. The Bertz CT molecular complexity index is 1310. The first-order valence-electron chi connectivity index (χ1n) is 11.1. The lowest BCUT2D eigenvalue weighted by atomic mass is 9.95. The van der Waals surface area contributed by atoms with Gasteiger partial charge in [0.1, 0.15) is 5.82 Å². The molecule has 4 aromatic rings. The zero-order valence-electron chi connectivity index (χ0n) is 17.8. The summed E-state index contributed by atoms with van der Waals surface area (Å²) >= 11 is 1.56. The number of rotatable bonds is 5. The summed E-state index contributed by atoms with van der Waals surface area (Å²) in [5, 5.41) is 14.4. The highest BCUT2D eigenvalue weighted by molar-refractivity contribution is 7.22. The van der Waals surface area contributed by atoms with Crippen LogP contribution in [0.15, 0.2) is 42.7 Å². The van der Waals surface area contributed by atoms with Crippen LogP contribution in [0.3, 0.4) is 0 Å². The summed E-state index contributed by atoms with van der Waals surface area (Å²) in [5.41, 5.74) is 4.79. The number of carbonyl (C=O) groups excluding carboxylic acids is 1. The summed E-state index contributed by atoms with van der Waals surface area (Å²) < 4.78 is 1.08. The van der Waals surface area contributed by atoms with Gasteiger partial charge in [-0.1, -0.05) is 23.8 Å². The molecule has 1 aromatic carbocycles. The Morgan fingerprint density at radius 3 is 2.91 bits per heavy atom. The predicted molar refractivity (Wildman–Crippen MR) is 126 cm³/mol. The van der Waals surface area contributed by atoms with Crippen LogP contribution >= 0.6 is 11.3 Å². The summed E-state index contributed by atoms with van der Waals surface area (Å²) in [6.07, 6.45) is 8.48. The van der Waals surface area contributed by atoms with Gasteiger partial charge >= 0.3 is 0 Å². The number of carbonyl (C=O) groups is 1. The Morgan fingerprint density at radius 2 is 2.12 bits per heavy atom. The number of nitrogens with zero attached hydrogens (tertiary/aromatic N) is 3. The summed E-state index contributed by atoms with van der Waals surface area (Å²) in [7, 11) is 0. The Balaban J connectivity index is 1.19. The van der Waals surface area contributed by atoms with Crippen LogP contribution in [-0.2, 0) is 0 Å². The van der Waals surface area contributed by atoms with Gasteiger partial charge in [-0.05, 0) is 67.9 Å². The fraction of sp³-hybridized carbons (Fsp3) is 0.333. The van der Waals surface area contributed by atoms with Crippen molar-refractivity contribution in [2.75, 3.05) is 5.32 Å². The van der Waals surface area contributed by atoms with Crippen LogP contribution < -0.4 is 10.6 Å². The van der Waals surface area contributed by atoms with E-state index in [1.807, 2.05) is 19.2 Å². The van der Waals surface area contributed by atoms with Crippen molar-refractivity contribution in [1.82, 2.24) is 25.5 Å². The largest absolute Gasteiger partial charge is 0.349 e. The second kappa shape index (κ2) is 7.70. The van der Waals surface area contributed by atoms with Crippen LogP contribution in [0.1, 0.15) is 41.7 Å². The Morgan fingerprint density at radius 1 is 1.19 bits per heavy atom. The van der Waals surface area contributed by atoms with E-state index in [2.05, 4.69) is 42.9 Å². The minimum absolute atomic E-state index is 0.0163. The molecule has 2 aliphatic rings. The molecule has 8 heteroatoms. The lowest BCUT2D eigenvalue weighted by Gasteiger charge is -2.22. The maximum absolute atomic E-state index is 12.8. The number of anilines is 2. The highest BCUT2D eigenvalue weighted by Crippen LogP contribution is 2.44. The fourth-order valence-corrected chi connectivity index (χ4v) is 6.12. The molecular formula is C24H24N6OS. The summed E-state index contributed by atoms with van der Waals surface area (Å²) in [5.74, 6) is 2.06. The average molecular weight is 445 g/mol. The van der Waals surface area contributed by atoms with Crippen LogP contribution in [0.4, 0.5) is 10.9 Å². The van der Waals surface area contributed by atoms with Crippen molar-refractivity contribution in [3.8, 4) is 11.1 Å². The monoisotopic (exact) mass is 444 g/mol. The summed E-state index contributed by atoms with van der Waals surface area (Å²) in [6, 6.07) is 10.1. The molecule has 3 aromatic heterocycles. The maximum Gasteiger partial charge on any atom is 0.251 e. The van der Waals surface area contributed by atoms with Crippen molar-refractivity contribution in [2.45, 2.75) is 38.6 Å². The number of pyridine rings is 1. The normalized spacial score (nSPS) is 21.8. The first kappa shape index (κ1) is 19.4. The first-order valence-corrected chi connectivity index (χ1v) is 11.9. The Kier molecular flexibility index (Phi) is 4.68. The summed E-state index contributed by atoms with van der Waals surface area (Å²) in [6.45, 7) is 2.01. The Hall–Kier alpha value is -3.26. The highest BCUT2D eigenvalue weighted by atomic mass is 32.1. The van der Waals surface area contributed by atoms with E-state index in [4.69, 9.17) is 0 Å². The van der Waals surface area contributed by atoms with E-state index in [1.165, 1.54) is 19.3 Å². The number of aryl methyl sites for hydroxylation is 1. The van der Waals surface area contributed by atoms with E-state index in [1.54, 1.807) is 29.7 Å². The fourth-order valence-electron chi connectivity index (χ4n) is 5.21. The number of benzene rings is 1. The zero-order chi connectivity index (χ0) is 21.7. The molecule has 32 heavy (non-hydrogen) atoms. The molecule has 3 heterocycles. The molecule has 2 fully saturated rings. The van der Waals surface area contributed by atoms with Crippen molar-refractivity contribution >= 4 is 38.4 Å². The smallest absolute Gasteiger partial charge is 0.251 e. The number of H-pyrrole nitrogens is 1. The third-order valence-corrected chi connectivity index (χ3v) is 7.77. The summed E-state index contributed by atoms with van der Waals surface area (Å²) in [4.78, 5) is 21.9. The molecule has 0 saturated heterocycles. The average Bonchev–Trinajstić information content (AvgIpc) is 3.57. The number of nitrogens with one attached hydrogen (secondary N) is 3. The lowest BCUT2D eigenvalue weighted by Crippen LogP contribution is -2.38. The van der Waals surface area contributed by atoms with Crippen molar-refractivity contribution in [3.05, 3.63) is 54.0 Å². The molecule has 2 aliphatic carbocycles. The molecule has 7 nitrogen and oxygen atoms in total. The molecule has 0 spiro atoms. The molecule has 1 amide bonds. The number of thiazole rings is 1. The van der Waals surface area contributed by atoms with Gasteiger partial charge in [0.05, 0.1) is 16.4 Å². The number of fused-ring (bicyclic) bond motifs is 3. The van der Waals surface area contributed by atoms with E-state index in [0.717, 1.165) is 44.5 Å². The number of aromatic amines is 1. The molecule has 1 unspecified atom stereocenters. The van der Waals surface area contributed by atoms with Gasteiger partial charge in [0.25, 0.3) is 5.91 Å². The van der Waals surface area contributed by atoms with Gasteiger partial charge in [-0.2, -0.15) is 5.10 Å². The minimum atomic E-state index is -0.0163. The van der Waals surface area contributed by atoms with Crippen molar-refractivity contribution in [3.63, 3.8) is 0 Å². The second-order valence-corrected chi connectivity index (χ2v) is 9.95. The molecule has 6 rings (SSSR count). The van der Waals surface area contributed by atoms with E-state index in [0.29, 0.717) is 23.3 Å². The van der Waals surface area contributed by atoms with Crippen molar-refractivity contribution < 1.29 is 4.79 Å².